The van der Waals surface area contributed by atoms with Gasteiger partial charge in [0.25, 0.3) is 0 Å². The van der Waals surface area contributed by atoms with Gasteiger partial charge in [0.15, 0.2) is 11.2 Å². The minimum Gasteiger partial charge on any atom is -0.479 e. The van der Waals surface area contributed by atoms with Crippen molar-refractivity contribution in [3.63, 3.8) is 0 Å². The van der Waals surface area contributed by atoms with E-state index in [1.54, 1.807) is 25.6 Å². The van der Waals surface area contributed by atoms with E-state index in [1.807, 2.05) is 16.7 Å². The first-order valence-electron chi connectivity index (χ1n) is 5.86. The maximum Gasteiger partial charge on any atom is 0.243 e. The Balaban J connectivity index is 2.12. The second kappa shape index (κ2) is 4.96. The highest BCUT2D eigenvalue weighted by Gasteiger charge is 2.12. The number of carbonyl (C=O) groups excluding carboxylic acids is 1. The largest absolute Gasteiger partial charge is 0.479 e. The number of anilines is 1. The van der Waals surface area contributed by atoms with E-state index in [1.165, 1.54) is 6.33 Å². The van der Waals surface area contributed by atoms with Crippen molar-refractivity contribution < 1.29 is 9.53 Å². The molecule has 0 saturated carbocycles. The van der Waals surface area contributed by atoms with E-state index < -0.39 is 0 Å². The summed E-state index contributed by atoms with van der Waals surface area (Å²) in [6, 6.07) is 7.32. The van der Waals surface area contributed by atoms with E-state index in [4.69, 9.17) is 4.74 Å². The maximum absolute atomic E-state index is 10.4. The molecule has 1 amide bonds. The second-order valence-electron chi connectivity index (χ2n) is 3.98. The van der Waals surface area contributed by atoms with Gasteiger partial charge in [-0.1, -0.05) is 0 Å². The molecule has 7 nitrogen and oxygen atoms in total. The zero-order chi connectivity index (χ0) is 13.9. The lowest BCUT2D eigenvalue weighted by atomic mass is 10.2. The molecule has 3 rings (SSSR count). The number of aromatic nitrogens is 4. The van der Waals surface area contributed by atoms with E-state index in [2.05, 4.69) is 20.3 Å². The number of ether oxygens (including phenoxy) is 1. The van der Waals surface area contributed by atoms with Crippen LogP contribution < -0.4 is 10.1 Å². The maximum atomic E-state index is 10.4. The van der Waals surface area contributed by atoms with E-state index in [9.17, 15) is 4.79 Å². The third kappa shape index (κ3) is 1.95. The molecule has 0 radical (unpaired) electrons. The lowest BCUT2D eigenvalue weighted by molar-refractivity contribution is -0.105. The van der Waals surface area contributed by atoms with Gasteiger partial charge in [-0.15, -0.1) is 0 Å². The number of nitrogens with zero attached hydrogens (tertiary/aromatic N) is 4. The van der Waals surface area contributed by atoms with Gasteiger partial charge in [0.05, 0.1) is 7.11 Å². The highest BCUT2D eigenvalue weighted by Crippen LogP contribution is 2.24. The zero-order valence-corrected chi connectivity index (χ0v) is 10.6. The molecule has 2 aromatic heterocycles. The fraction of sp³-hybridized carbons (Fsp3) is 0.0769. The normalized spacial score (nSPS) is 10.4. The van der Waals surface area contributed by atoms with Gasteiger partial charge in [-0.25, -0.2) is 9.97 Å². The molecule has 0 saturated heterocycles. The lowest BCUT2D eigenvalue weighted by Crippen LogP contribution is -1.98. The van der Waals surface area contributed by atoms with Gasteiger partial charge in [-0.05, 0) is 24.3 Å². The number of fused-ring (bicyclic) bond motifs is 1. The van der Waals surface area contributed by atoms with Crippen LogP contribution in [0.3, 0.4) is 0 Å². The van der Waals surface area contributed by atoms with Crippen molar-refractivity contribution in [1.29, 1.82) is 0 Å². The third-order valence-electron chi connectivity index (χ3n) is 2.87. The molecule has 2 heterocycles. The molecule has 100 valence electrons. The van der Waals surface area contributed by atoms with Crippen molar-refractivity contribution >= 4 is 23.3 Å². The topological polar surface area (TPSA) is 81.9 Å². The standard InChI is InChI=1S/C13H11N5O2/c1-20-13-11-12(14-6-15-13)16-7-18(11)10-4-2-9(3-5-10)17-8-19/h2-8H,1H3,(H,17,19). The van der Waals surface area contributed by atoms with E-state index in [0.717, 1.165) is 11.4 Å². The molecule has 0 aliphatic heterocycles. The molecule has 0 bridgehead atoms. The van der Waals surface area contributed by atoms with Crippen molar-refractivity contribution in [2.75, 3.05) is 12.4 Å². The number of imidazole rings is 1. The minimum absolute atomic E-state index is 0.461. The molecule has 0 atom stereocenters. The van der Waals surface area contributed by atoms with Crippen molar-refractivity contribution in [3.05, 3.63) is 36.9 Å². The summed E-state index contributed by atoms with van der Waals surface area (Å²) >= 11 is 0. The van der Waals surface area contributed by atoms with E-state index in [-0.39, 0.29) is 0 Å². The highest BCUT2D eigenvalue weighted by molar-refractivity contribution is 5.79. The Labute approximate surface area is 114 Å². The van der Waals surface area contributed by atoms with Gasteiger partial charge >= 0.3 is 0 Å². The molecule has 3 aromatic rings. The van der Waals surface area contributed by atoms with Gasteiger partial charge in [-0.3, -0.25) is 9.36 Å². The summed E-state index contributed by atoms with van der Waals surface area (Å²) in [5, 5.41) is 2.58. The van der Waals surface area contributed by atoms with Crippen molar-refractivity contribution in [2.45, 2.75) is 0 Å². The van der Waals surface area contributed by atoms with Crippen LogP contribution in [0.1, 0.15) is 0 Å². The molecule has 1 N–H and O–H groups in total. The van der Waals surface area contributed by atoms with Crippen LogP contribution in [0, 0.1) is 0 Å². The summed E-state index contributed by atoms with van der Waals surface area (Å²) in [4.78, 5) is 22.8. The molecule has 0 aliphatic rings. The summed E-state index contributed by atoms with van der Waals surface area (Å²) in [6.07, 6.45) is 3.71. The SMILES string of the molecule is COc1ncnc2ncn(-c3ccc(NC=O)cc3)c12. The number of methoxy groups -OCH3 is 1. The van der Waals surface area contributed by atoms with Crippen LogP contribution in [-0.2, 0) is 4.79 Å². The summed E-state index contributed by atoms with van der Waals surface area (Å²) in [6.45, 7) is 0. The Hall–Kier alpha value is -2.96. The molecule has 0 unspecified atom stereocenters. The number of amides is 1. The first kappa shape index (κ1) is 12.1. The van der Waals surface area contributed by atoms with E-state index in [0.29, 0.717) is 23.5 Å². The lowest BCUT2D eigenvalue weighted by Gasteiger charge is -2.07. The number of carbonyl (C=O) groups is 1. The van der Waals surface area contributed by atoms with Crippen molar-refractivity contribution in [1.82, 2.24) is 19.5 Å². The Morgan fingerprint density at radius 1 is 1.20 bits per heavy atom. The molecule has 0 fully saturated rings. The van der Waals surface area contributed by atoms with Gasteiger partial charge < -0.3 is 10.1 Å². The Bertz CT molecular complexity index is 751. The van der Waals surface area contributed by atoms with Gasteiger partial charge in [0.2, 0.25) is 12.3 Å². The van der Waals surface area contributed by atoms with E-state index >= 15 is 0 Å². The first-order chi connectivity index (χ1) is 9.83. The van der Waals surface area contributed by atoms with Gasteiger partial charge in [-0.2, -0.15) is 4.98 Å². The van der Waals surface area contributed by atoms with Crippen LogP contribution in [0.2, 0.25) is 0 Å². The minimum atomic E-state index is 0.461. The number of rotatable bonds is 4. The average Bonchev–Trinajstić information content (AvgIpc) is 2.92. The smallest absolute Gasteiger partial charge is 0.243 e. The molecular weight excluding hydrogens is 258 g/mol. The molecular formula is C13H11N5O2. The van der Waals surface area contributed by atoms with Crippen LogP contribution in [-0.4, -0.2) is 33.0 Å². The number of hydrogen-bond donors (Lipinski definition) is 1. The monoisotopic (exact) mass is 269 g/mol. The average molecular weight is 269 g/mol. The third-order valence-corrected chi connectivity index (χ3v) is 2.87. The molecule has 0 aliphatic carbocycles. The summed E-state index contributed by atoms with van der Waals surface area (Å²) in [7, 11) is 1.55. The first-order valence-corrected chi connectivity index (χ1v) is 5.86. The van der Waals surface area contributed by atoms with Crippen LogP contribution in [0.5, 0.6) is 5.88 Å². The van der Waals surface area contributed by atoms with Crippen LogP contribution in [0.4, 0.5) is 5.69 Å². The summed E-state index contributed by atoms with van der Waals surface area (Å²) in [5.74, 6) is 0.461. The Kier molecular flexibility index (Phi) is 3.00. The molecule has 20 heavy (non-hydrogen) atoms. The van der Waals surface area contributed by atoms with Gasteiger partial charge in [0, 0.05) is 11.4 Å². The highest BCUT2D eigenvalue weighted by atomic mass is 16.5. The van der Waals surface area contributed by atoms with Crippen LogP contribution >= 0.6 is 0 Å². The molecule has 0 spiro atoms. The van der Waals surface area contributed by atoms with Crippen LogP contribution in [0.15, 0.2) is 36.9 Å². The van der Waals surface area contributed by atoms with Crippen molar-refractivity contribution in [3.8, 4) is 11.6 Å². The zero-order valence-electron chi connectivity index (χ0n) is 10.6. The Morgan fingerprint density at radius 2 is 2.00 bits per heavy atom. The fourth-order valence-electron chi connectivity index (χ4n) is 1.96. The number of benzene rings is 1. The molecule has 7 heteroatoms. The second-order valence-corrected chi connectivity index (χ2v) is 3.98. The number of nitrogens with one attached hydrogen (secondary N) is 1. The quantitative estimate of drug-likeness (QED) is 0.724. The predicted molar refractivity (Wildman–Crippen MR) is 72.9 cm³/mol. The fourth-order valence-corrected chi connectivity index (χ4v) is 1.96. The summed E-state index contributed by atoms with van der Waals surface area (Å²) < 4.78 is 7.07. The number of hydrogen-bond acceptors (Lipinski definition) is 5. The molecule has 1 aromatic carbocycles. The summed E-state index contributed by atoms with van der Waals surface area (Å²) in [5.41, 5.74) is 2.85. The Morgan fingerprint density at radius 3 is 2.70 bits per heavy atom. The predicted octanol–water partition coefficient (Wildman–Crippen LogP) is 1.39. The van der Waals surface area contributed by atoms with Crippen LogP contribution in [0.25, 0.3) is 16.9 Å². The van der Waals surface area contributed by atoms with Gasteiger partial charge in [0.1, 0.15) is 12.7 Å². The van der Waals surface area contributed by atoms with Crippen molar-refractivity contribution in [2.24, 2.45) is 0 Å².